The van der Waals surface area contributed by atoms with Gasteiger partial charge in [0.2, 0.25) is 0 Å². The summed E-state index contributed by atoms with van der Waals surface area (Å²) in [6.45, 7) is 1.97. The number of hydrogen-bond acceptors (Lipinski definition) is 4. The third-order valence-corrected chi connectivity index (χ3v) is 5.06. The molecule has 4 nitrogen and oxygen atoms in total. The van der Waals surface area contributed by atoms with E-state index in [4.69, 9.17) is 5.11 Å². The van der Waals surface area contributed by atoms with Crippen molar-refractivity contribution in [1.82, 2.24) is 4.90 Å². The zero-order chi connectivity index (χ0) is 14.5. The van der Waals surface area contributed by atoms with Gasteiger partial charge in [0, 0.05) is 12.6 Å². The van der Waals surface area contributed by atoms with Crippen LogP contribution in [0.3, 0.4) is 0 Å². The Morgan fingerprint density at radius 1 is 1.21 bits per heavy atom. The van der Waals surface area contributed by atoms with Gasteiger partial charge in [-0.2, -0.15) is 0 Å². The molecule has 0 radical (unpaired) electrons. The molecule has 0 aliphatic carbocycles. The molecule has 1 aromatic carbocycles. The fourth-order valence-corrected chi connectivity index (χ4v) is 3.45. The monoisotopic (exact) mass is 285 g/mol. The molecule has 19 heavy (non-hydrogen) atoms. The Hall–Kier alpha value is -0.910. The van der Waals surface area contributed by atoms with E-state index >= 15 is 0 Å². The molecule has 0 saturated heterocycles. The lowest BCUT2D eigenvalue weighted by atomic mass is 10.0. The summed E-state index contributed by atoms with van der Waals surface area (Å²) >= 11 is 0. The first-order valence-corrected chi connectivity index (χ1v) is 8.17. The SMILES string of the molecule is CCCS(=O)(=O)c1ccc(C(CCO)N(C)C)cc1. The van der Waals surface area contributed by atoms with Crippen molar-refractivity contribution in [3.8, 4) is 0 Å². The number of hydrogen-bond donors (Lipinski definition) is 1. The predicted octanol–water partition coefficient (Wildman–Crippen LogP) is 1.86. The maximum Gasteiger partial charge on any atom is 0.178 e. The Labute approximate surface area is 116 Å². The molecule has 0 spiro atoms. The summed E-state index contributed by atoms with van der Waals surface area (Å²) in [4.78, 5) is 2.39. The molecule has 108 valence electrons. The van der Waals surface area contributed by atoms with E-state index in [0.29, 0.717) is 17.7 Å². The van der Waals surface area contributed by atoms with Crippen LogP contribution in [0.5, 0.6) is 0 Å². The first kappa shape index (κ1) is 16.1. The molecular formula is C14H23NO3S. The topological polar surface area (TPSA) is 57.6 Å². The van der Waals surface area contributed by atoms with Gasteiger partial charge < -0.3 is 10.0 Å². The molecule has 0 aliphatic heterocycles. The molecule has 0 heterocycles. The Morgan fingerprint density at radius 2 is 1.79 bits per heavy atom. The van der Waals surface area contributed by atoms with Crippen molar-refractivity contribution in [1.29, 1.82) is 0 Å². The van der Waals surface area contributed by atoms with Crippen LogP contribution in [0, 0.1) is 0 Å². The maximum absolute atomic E-state index is 11.9. The third-order valence-electron chi connectivity index (χ3n) is 3.12. The van der Waals surface area contributed by atoms with Crippen LogP contribution in [0.2, 0.25) is 0 Å². The summed E-state index contributed by atoms with van der Waals surface area (Å²) in [7, 11) is 0.745. The summed E-state index contributed by atoms with van der Waals surface area (Å²) in [6, 6.07) is 7.10. The first-order valence-electron chi connectivity index (χ1n) is 6.52. The molecular weight excluding hydrogens is 262 g/mol. The van der Waals surface area contributed by atoms with E-state index in [9.17, 15) is 8.42 Å². The van der Waals surface area contributed by atoms with Gasteiger partial charge in [0.25, 0.3) is 0 Å². The van der Waals surface area contributed by atoms with Gasteiger partial charge in [0.1, 0.15) is 0 Å². The molecule has 1 unspecified atom stereocenters. The van der Waals surface area contributed by atoms with Crippen LogP contribution in [0.15, 0.2) is 29.2 Å². The van der Waals surface area contributed by atoms with Gasteiger partial charge in [-0.1, -0.05) is 19.1 Å². The number of aliphatic hydroxyl groups excluding tert-OH is 1. The lowest BCUT2D eigenvalue weighted by molar-refractivity contribution is 0.211. The summed E-state index contributed by atoms with van der Waals surface area (Å²) in [5.74, 6) is 0.181. The fraction of sp³-hybridized carbons (Fsp3) is 0.571. The smallest absolute Gasteiger partial charge is 0.178 e. The maximum atomic E-state index is 11.9. The van der Waals surface area contributed by atoms with Crippen molar-refractivity contribution in [2.75, 3.05) is 26.5 Å². The summed E-state index contributed by atoms with van der Waals surface area (Å²) in [5, 5.41) is 9.08. The van der Waals surface area contributed by atoms with Gasteiger partial charge in [0.15, 0.2) is 9.84 Å². The highest BCUT2D eigenvalue weighted by Gasteiger charge is 2.16. The van der Waals surface area contributed by atoms with E-state index in [-0.39, 0.29) is 18.4 Å². The van der Waals surface area contributed by atoms with E-state index in [2.05, 4.69) is 0 Å². The standard InChI is InChI=1S/C14H23NO3S/c1-4-11-19(17,18)13-7-5-12(6-8-13)14(9-10-16)15(2)3/h5-8,14,16H,4,9-11H2,1-3H3. The minimum absolute atomic E-state index is 0.105. The average molecular weight is 285 g/mol. The van der Waals surface area contributed by atoms with Crippen LogP contribution in [-0.2, 0) is 9.84 Å². The number of sulfone groups is 1. The van der Waals surface area contributed by atoms with Crippen molar-refractivity contribution in [2.24, 2.45) is 0 Å². The molecule has 1 rings (SSSR count). The quantitative estimate of drug-likeness (QED) is 0.830. The third kappa shape index (κ3) is 4.30. The minimum atomic E-state index is -3.15. The Balaban J connectivity index is 2.98. The first-order chi connectivity index (χ1) is 8.92. The minimum Gasteiger partial charge on any atom is -0.396 e. The molecule has 0 aliphatic rings. The van der Waals surface area contributed by atoms with Crippen LogP contribution in [-0.4, -0.2) is 44.9 Å². The van der Waals surface area contributed by atoms with Crippen molar-refractivity contribution in [3.05, 3.63) is 29.8 Å². The van der Waals surface area contributed by atoms with E-state index in [1.807, 2.05) is 38.1 Å². The molecule has 1 atom stereocenters. The molecule has 0 bridgehead atoms. The predicted molar refractivity (Wildman–Crippen MR) is 76.9 cm³/mol. The Kier molecular flexibility index (Phi) is 5.97. The number of benzene rings is 1. The Morgan fingerprint density at radius 3 is 2.21 bits per heavy atom. The molecule has 0 saturated carbocycles. The summed E-state index contributed by atoms with van der Waals surface area (Å²) in [5.41, 5.74) is 1.02. The van der Waals surface area contributed by atoms with Crippen molar-refractivity contribution in [2.45, 2.75) is 30.7 Å². The highest BCUT2D eigenvalue weighted by atomic mass is 32.2. The lowest BCUT2D eigenvalue weighted by Gasteiger charge is -2.24. The van der Waals surface area contributed by atoms with E-state index in [1.54, 1.807) is 12.1 Å². The normalized spacial score (nSPS) is 13.7. The molecule has 1 aromatic rings. The summed E-state index contributed by atoms with van der Waals surface area (Å²) < 4.78 is 23.8. The van der Waals surface area contributed by atoms with E-state index < -0.39 is 9.84 Å². The second kappa shape index (κ2) is 7.03. The van der Waals surface area contributed by atoms with Gasteiger partial charge in [-0.25, -0.2) is 8.42 Å². The summed E-state index contributed by atoms with van der Waals surface area (Å²) in [6.07, 6.45) is 1.25. The van der Waals surface area contributed by atoms with Crippen molar-refractivity contribution in [3.63, 3.8) is 0 Å². The molecule has 0 aromatic heterocycles. The van der Waals surface area contributed by atoms with Crippen molar-refractivity contribution < 1.29 is 13.5 Å². The fourth-order valence-electron chi connectivity index (χ4n) is 2.13. The molecule has 0 amide bonds. The number of nitrogens with zero attached hydrogens (tertiary/aromatic N) is 1. The van der Waals surface area contributed by atoms with Crippen molar-refractivity contribution >= 4 is 9.84 Å². The van der Waals surface area contributed by atoms with Crippen LogP contribution in [0.1, 0.15) is 31.4 Å². The van der Waals surface area contributed by atoms with Crippen LogP contribution in [0.4, 0.5) is 0 Å². The number of aliphatic hydroxyl groups is 1. The van der Waals surface area contributed by atoms with Gasteiger partial charge in [-0.15, -0.1) is 0 Å². The van der Waals surface area contributed by atoms with E-state index in [1.165, 1.54) is 0 Å². The lowest BCUT2D eigenvalue weighted by Crippen LogP contribution is -2.21. The average Bonchev–Trinajstić information content (AvgIpc) is 2.35. The second-order valence-corrected chi connectivity index (χ2v) is 6.99. The zero-order valence-corrected chi connectivity index (χ0v) is 12.7. The van der Waals surface area contributed by atoms with Gasteiger partial charge in [-0.3, -0.25) is 0 Å². The molecule has 5 heteroatoms. The van der Waals surface area contributed by atoms with Crippen LogP contribution in [0.25, 0.3) is 0 Å². The highest BCUT2D eigenvalue weighted by molar-refractivity contribution is 7.91. The molecule has 1 N–H and O–H groups in total. The van der Waals surface area contributed by atoms with Gasteiger partial charge in [0.05, 0.1) is 10.6 Å². The van der Waals surface area contributed by atoms with Gasteiger partial charge >= 0.3 is 0 Å². The van der Waals surface area contributed by atoms with Crippen LogP contribution < -0.4 is 0 Å². The van der Waals surface area contributed by atoms with Gasteiger partial charge in [-0.05, 0) is 44.6 Å². The van der Waals surface area contributed by atoms with Crippen LogP contribution >= 0.6 is 0 Å². The molecule has 0 fully saturated rings. The van der Waals surface area contributed by atoms with E-state index in [0.717, 1.165) is 5.56 Å². The number of rotatable bonds is 7. The zero-order valence-electron chi connectivity index (χ0n) is 11.8. The highest BCUT2D eigenvalue weighted by Crippen LogP contribution is 2.23. The second-order valence-electron chi connectivity index (χ2n) is 4.88. The largest absolute Gasteiger partial charge is 0.396 e. The Bertz CT molecular complexity index is 480.